The average Bonchev–Trinajstić information content (AvgIpc) is 2.57. The van der Waals surface area contributed by atoms with Gasteiger partial charge < -0.3 is 20.4 Å². The van der Waals surface area contributed by atoms with Gasteiger partial charge in [-0.25, -0.2) is 0 Å². The van der Waals surface area contributed by atoms with Crippen molar-refractivity contribution < 1.29 is 9.22 Å². The fraction of sp³-hybridized carbons (Fsp3) is 0.600. The largest absolute Gasteiger partial charge is 0.410 e. The summed E-state index contributed by atoms with van der Waals surface area (Å²) in [5.74, 6) is -0.0592. The fourth-order valence-corrected chi connectivity index (χ4v) is 4.74. The highest BCUT2D eigenvalue weighted by Gasteiger charge is 2.42. The number of benzene rings is 1. The number of nitrogens with two attached hydrogens (primary N) is 1. The smallest absolute Gasteiger partial charge is 0.217 e. The van der Waals surface area contributed by atoms with Gasteiger partial charge in [0.05, 0.1) is 40.2 Å². The topological polar surface area (TPSA) is 91.4 Å². The molecular weight excluding hydrogens is 392 g/mol. The standard InChI is InChI=1S/C20H31ClN4O2Si/c1-13(26)24-16-7-8-25(12-18(16)27-28(5,6)20(2,3)4)17-10-14(11-22)9-15(23)19(17)21/h9-10,16,18H,7-8,12,23H2,1-6H3,(H,24,26)/t16-,18-/m1/s1. The normalized spacial score (nSPS) is 20.6. The zero-order chi connectivity index (χ0) is 21.3. The molecule has 2 rings (SSSR count). The Bertz CT molecular complexity index is 786. The highest BCUT2D eigenvalue weighted by molar-refractivity contribution is 6.74. The van der Waals surface area contributed by atoms with Gasteiger partial charge >= 0.3 is 0 Å². The van der Waals surface area contributed by atoms with Crippen molar-refractivity contribution in [3.05, 3.63) is 22.7 Å². The number of hydrogen-bond donors (Lipinski definition) is 2. The van der Waals surface area contributed by atoms with Crippen LogP contribution < -0.4 is 16.0 Å². The van der Waals surface area contributed by atoms with Gasteiger partial charge in [-0.1, -0.05) is 32.4 Å². The van der Waals surface area contributed by atoms with E-state index in [1.807, 2.05) is 0 Å². The number of carbonyl (C=O) groups is 1. The molecule has 0 radical (unpaired) electrons. The second-order valence-electron chi connectivity index (χ2n) is 8.97. The summed E-state index contributed by atoms with van der Waals surface area (Å²) in [5, 5.41) is 12.8. The van der Waals surface area contributed by atoms with E-state index in [9.17, 15) is 10.1 Å². The van der Waals surface area contributed by atoms with Crippen molar-refractivity contribution in [2.24, 2.45) is 0 Å². The zero-order valence-corrected chi connectivity index (χ0v) is 19.4. The third-order valence-corrected chi connectivity index (χ3v) is 10.7. The van der Waals surface area contributed by atoms with Crippen molar-refractivity contribution in [1.29, 1.82) is 5.26 Å². The van der Waals surface area contributed by atoms with Crippen LogP contribution in [0.3, 0.4) is 0 Å². The van der Waals surface area contributed by atoms with Crippen molar-refractivity contribution in [3.63, 3.8) is 0 Å². The van der Waals surface area contributed by atoms with Gasteiger partial charge in [0.15, 0.2) is 8.32 Å². The number of halogens is 1. The molecule has 28 heavy (non-hydrogen) atoms. The van der Waals surface area contributed by atoms with Crippen LogP contribution in [-0.2, 0) is 9.22 Å². The van der Waals surface area contributed by atoms with Crippen LogP contribution >= 0.6 is 11.6 Å². The number of hydrogen-bond acceptors (Lipinski definition) is 5. The van der Waals surface area contributed by atoms with Gasteiger partial charge in [0.1, 0.15) is 0 Å². The number of nitrogen functional groups attached to an aromatic ring is 1. The van der Waals surface area contributed by atoms with Crippen LogP contribution in [0.4, 0.5) is 11.4 Å². The van der Waals surface area contributed by atoms with E-state index in [0.29, 0.717) is 29.4 Å². The molecule has 1 aliphatic rings. The molecule has 0 saturated carbocycles. The summed E-state index contributed by atoms with van der Waals surface area (Å²) in [5.41, 5.74) is 7.60. The lowest BCUT2D eigenvalue weighted by Gasteiger charge is -2.46. The SMILES string of the molecule is CC(=O)N[C@@H]1CCN(c2cc(C#N)cc(N)c2Cl)C[C@H]1O[Si](C)(C)C(C)(C)C. The molecule has 1 aliphatic heterocycles. The third-order valence-electron chi connectivity index (χ3n) is 5.75. The van der Waals surface area contributed by atoms with E-state index in [-0.39, 0.29) is 23.1 Å². The van der Waals surface area contributed by atoms with E-state index < -0.39 is 8.32 Å². The zero-order valence-electron chi connectivity index (χ0n) is 17.6. The second-order valence-corrected chi connectivity index (χ2v) is 14.1. The first kappa shape index (κ1) is 22.5. The van der Waals surface area contributed by atoms with Crippen LogP contribution in [-0.4, -0.2) is 39.5 Å². The number of rotatable bonds is 4. The lowest BCUT2D eigenvalue weighted by Crippen LogP contribution is -2.59. The molecule has 0 spiro atoms. The molecule has 0 aromatic heterocycles. The number of piperidine rings is 1. The number of anilines is 2. The predicted molar refractivity (Wildman–Crippen MR) is 117 cm³/mol. The van der Waals surface area contributed by atoms with E-state index >= 15 is 0 Å². The van der Waals surface area contributed by atoms with Crippen LogP contribution in [0.5, 0.6) is 0 Å². The molecule has 8 heteroatoms. The highest BCUT2D eigenvalue weighted by Crippen LogP contribution is 2.39. The maximum atomic E-state index is 11.7. The Hall–Kier alpha value is -1.75. The van der Waals surface area contributed by atoms with Gasteiger partial charge in [0, 0.05) is 20.0 Å². The quantitative estimate of drug-likeness (QED) is 0.567. The van der Waals surface area contributed by atoms with Gasteiger partial charge in [-0.2, -0.15) is 5.26 Å². The van der Waals surface area contributed by atoms with Crippen LogP contribution in [0.2, 0.25) is 23.2 Å². The van der Waals surface area contributed by atoms with Gasteiger partial charge in [0.25, 0.3) is 0 Å². The van der Waals surface area contributed by atoms with Crippen molar-refractivity contribution in [3.8, 4) is 6.07 Å². The summed E-state index contributed by atoms with van der Waals surface area (Å²) < 4.78 is 6.68. The molecule has 0 aliphatic carbocycles. The summed E-state index contributed by atoms with van der Waals surface area (Å²) in [6.45, 7) is 13.8. The molecule has 1 heterocycles. The lowest BCUT2D eigenvalue weighted by atomic mass is 10.0. The van der Waals surface area contributed by atoms with Gasteiger partial charge in [-0.15, -0.1) is 0 Å². The van der Waals surface area contributed by atoms with E-state index in [1.54, 1.807) is 12.1 Å². The van der Waals surface area contributed by atoms with E-state index in [2.05, 4.69) is 50.2 Å². The summed E-state index contributed by atoms with van der Waals surface area (Å²) in [4.78, 5) is 13.8. The molecule has 154 valence electrons. The monoisotopic (exact) mass is 422 g/mol. The second kappa shape index (κ2) is 8.32. The number of amides is 1. The summed E-state index contributed by atoms with van der Waals surface area (Å²) in [7, 11) is -2.05. The van der Waals surface area contributed by atoms with Crippen LogP contribution in [0, 0.1) is 11.3 Å². The number of carbonyl (C=O) groups excluding carboxylic acids is 1. The first-order valence-electron chi connectivity index (χ1n) is 9.54. The van der Waals surface area contributed by atoms with Crippen molar-refractivity contribution in [2.75, 3.05) is 23.7 Å². The molecule has 3 N–H and O–H groups in total. The Labute approximate surface area is 174 Å². The number of nitrogens with zero attached hydrogens (tertiary/aromatic N) is 2. The Morgan fingerprint density at radius 1 is 1.43 bits per heavy atom. The van der Waals surface area contributed by atoms with Crippen molar-refractivity contribution in [1.82, 2.24) is 5.32 Å². The summed E-state index contributed by atoms with van der Waals surface area (Å²) >= 11 is 6.45. The van der Waals surface area contributed by atoms with E-state index in [4.69, 9.17) is 21.8 Å². The molecule has 1 aromatic carbocycles. The maximum absolute atomic E-state index is 11.7. The molecule has 1 amide bonds. The molecule has 0 unspecified atom stereocenters. The highest BCUT2D eigenvalue weighted by atomic mass is 35.5. The molecule has 0 bridgehead atoms. The average molecular weight is 423 g/mol. The third kappa shape index (κ3) is 4.99. The fourth-order valence-electron chi connectivity index (χ4n) is 3.16. The molecule has 6 nitrogen and oxygen atoms in total. The first-order chi connectivity index (χ1) is 12.9. The van der Waals surface area contributed by atoms with E-state index in [0.717, 1.165) is 12.1 Å². The van der Waals surface area contributed by atoms with Crippen molar-refractivity contribution in [2.45, 2.75) is 64.4 Å². The minimum absolute atomic E-state index is 0.0544. The van der Waals surface area contributed by atoms with Crippen LogP contribution in [0.15, 0.2) is 12.1 Å². The van der Waals surface area contributed by atoms with E-state index in [1.165, 1.54) is 6.92 Å². The Balaban J connectivity index is 2.34. The molecule has 1 fully saturated rings. The van der Waals surface area contributed by atoms with Crippen LogP contribution in [0.25, 0.3) is 0 Å². The van der Waals surface area contributed by atoms with Gasteiger partial charge in [-0.3, -0.25) is 4.79 Å². The Kier molecular flexibility index (Phi) is 6.69. The molecule has 1 saturated heterocycles. The molecule has 1 aromatic rings. The maximum Gasteiger partial charge on any atom is 0.217 e. The Morgan fingerprint density at radius 3 is 2.61 bits per heavy atom. The predicted octanol–water partition coefficient (Wildman–Crippen LogP) is 3.90. The lowest BCUT2D eigenvalue weighted by molar-refractivity contribution is -0.120. The number of nitriles is 1. The Morgan fingerprint density at radius 2 is 2.07 bits per heavy atom. The van der Waals surface area contributed by atoms with Gasteiger partial charge in [-0.05, 0) is 36.7 Å². The van der Waals surface area contributed by atoms with Crippen LogP contribution in [0.1, 0.15) is 39.7 Å². The van der Waals surface area contributed by atoms with Gasteiger partial charge in [0.2, 0.25) is 5.91 Å². The first-order valence-corrected chi connectivity index (χ1v) is 12.8. The number of nitrogens with one attached hydrogen (secondary N) is 1. The summed E-state index contributed by atoms with van der Waals surface area (Å²) in [6, 6.07) is 5.42. The summed E-state index contributed by atoms with van der Waals surface area (Å²) in [6.07, 6.45) is 0.563. The minimum Gasteiger partial charge on any atom is -0.410 e. The minimum atomic E-state index is -2.05. The molecular formula is C20H31ClN4O2Si. The van der Waals surface area contributed by atoms with Crippen molar-refractivity contribution >= 4 is 37.2 Å². The molecule has 2 atom stereocenters.